The van der Waals surface area contributed by atoms with Crippen molar-refractivity contribution in [3.05, 3.63) is 47.5 Å². The first-order valence-electron chi connectivity index (χ1n) is 6.28. The smallest absolute Gasteiger partial charge is 0.152 e. The van der Waals surface area contributed by atoms with Gasteiger partial charge in [0.25, 0.3) is 0 Å². The molecule has 1 aromatic heterocycles. The van der Waals surface area contributed by atoms with E-state index in [0.29, 0.717) is 23.6 Å². The molecule has 0 radical (unpaired) electrons. The number of nitrogens with zero attached hydrogens (tertiary/aromatic N) is 1. The molecule has 0 unspecified atom stereocenters. The molecule has 0 spiro atoms. The summed E-state index contributed by atoms with van der Waals surface area (Å²) in [6.45, 7) is 0.0843. The number of fused-ring (bicyclic) bond motifs is 1. The van der Waals surface area contributed by atoms with Crippen LogP contribution in [0.4, 0.5) is 5.69 Å². The van der Waals surface area contributed by atoms with Crippen LogP contribution in [0.1, 0.15) is 5.56 Å². The van der Waals surface area contributed by atoms with Crippen molar-refractivity contribution >= 4 is 27.2 Å². The molecule has 0 aliphatic rings. The van der Waals surface area contributed by atoms with Gasteiger partial charge >= 0.3 is 0 Å². The largest absolute Gasteiger partial charge is 0.455 e. The minimum atomic E-state index is 0.0843. The van der Waals surface area contributed by atoms with Crippen molar-refractivity contribution in [3.63, 3.8) is 0 Å². The molecular formula is C15H14N2O2S. The Labute approximate surface area is 120 Å². The highest BCUT2D eigenvalue weighted by atomic mass is 32.1. The molecule has 4 nitrogen and oxygen atoms in total. The zero-order valence-electron chi connectivity index (χ0n) is 10.7. The van der Waals surface area contributed by atoms with Gasteiger partial charge in [-0.15, -0.1) is 11.3 Å². The van der Waals surface area contributed by atoms with Gasteiger partial charge in [0.05, 0.1) is 10.2 Å². The molecule has 3 aromatic rings. The Bertz CT molecular complexity index is 740. The molecule has 0 bridgehead atoms. The van der Waals surface area contributed by atoms with Crippen molar-refractivity contribution in [2.45, 2.75) is 6.42 Å². The third-order valence-corrected chi connectivity index (χ3v) is 3.87. The van der Waals surface area contributed by atoms with Crippen molar-refractivity contribution in [1.82, 2.24) is 4.98 Å². The number of ether oxygens (including phenoxy) is 1. The molecule has 3 rings (SSSR count). The maximum atomic E-state index is 9.09. The van der Waals surface area contributed by atoms with Gasteiger partial charge in [-0.2, -0.15) is 0 Å². The number of aliphatic hydroxyl groups excluding tert-OH is 1. The number of thiazole rings is 1. The summed E-state index contributed by atoms with van der Waals surface area (Å²) in [5.74, 6) is 1.30. The molecule has 0 atom stereocenters. The van der Waals surface area contributed by atoms with Gasteiger partial charge in [0, 0.05) is 6.61 Å². The second-order valence-corrected chi connectivity index (χ2v) is 5.25. The summed E-state index contributed by atoms with van der Waals surface area (Å²) in [4.78, 5) is 4.25. The Morgan fingerprint density at radius 3 is 2.85 bits per heavy atom. The second kappa shape index (κ2) is 5.48. The molecule has 0 saturated carbocycles. The first-order valence-corrected chi connectivity index (χ1v) is 7.16. The first kappa shape index (κ1) is 12.9. The monoisotopic (exact) mass is 286 g/mol. The number of benzene rings is 2. The average molecular weight is 286 g/mol. The zero-order chi connectivity index (χ0) is 13.9. The molecule has 5 heteroatoms. The Hall–Kier alpha value is -2.11. The lowest BCUT2D eigenvalue weighted by Gasteiger charge is -2.12. The van der Waals surface area contributed by atoms with Crippen molar-refractivity contribution in [2.24, 2.45) is 0 Å². The third kappa shape index (κ3) is 2.33. The quantitative estimate of drug-likeness (QED) is 0.723. The summed E-state index contributed by atoms with van der Waals surface area (Å²) in [6.07, 6.45) is 0.551. The topological polar surface area (TPSA) is 68.4 Å². The van der Waals surface area contributed by atoms with Crippen LogP contribution in [0.2, 0.25) is 0 Å². The van der Waals surface area contributed by atoms with Crippen LogP contribution in [0.15, 0.2) is 41.9 Å². The molecule has 0 aliphatic heterocycles. The highest BCUT2D eigenvalue weighted by molar-refractivity contribution is 7.16. The van der Waals surface area contributed by atoms with E-state index in [1.165, 1.54) is 0 Å². The predicted octanol–water partition coefficient (Wildman–Crippen LogP) is 3.21. The lowest BCUT2D eigenvalue weighted by Crippen LogP contribution is -1.97. The predicted molar refractivity (Wildman–Crippen MR) is 81.3 cm³/mol. The fourth-order valence-electron chi connectivity index (χ4n) is 2.07. The van der Waals surface area contributed by atoms with E-state index in [0.717, 1.165) is 15.8 Å². The number of aromatic nitrogens is 1. The number of rotatable bonds is 4. The molecule has 0 amide bonds. The number of anilines is 1. The van der Waals surface area contributed by atoms with Crippen LogP contribution >= 0.6 is 11.3 Å². The molecule has 3 N–H and O–H groups in total. The van der Waals surface area contributed by atoms with Gasteiger partial charge < -0.3 is 15.6 Å². The SMILES string of the molecule is Nc1c(Oc2ccccc2CCO)ccc2scnc12. The van der Waals surface area contributed by atoms with E-state index in [1.807, 2.05) is 36.4 Å². The summed E-state index contributed by atoms with van der Waals surface area (Å²) in [5.41, 5.74) is 10.1. The van der Waals surface area contributed by atoms with E-state index in [4.69, 9.17) is 15.6 Å². The lowest BCUT2D eigenvalue weighted by molar-refractivity contribution is 0.298. The van der Waals surface area contributed by atoms with E-state index in [9.17, 15) is 0 Å². The number of para-hydroxylation sites is 1. The van der Waals surface area contributed by atoms with Crippen LogP contribution in [-0.4, -0.2) is 16.7 Å². The number of hydrogen-bond acceptors (Lipinski definition) is 5. The Balaban J connectivity index is 1.99. The molecule has 102 valence electrons. The molecule has 1 heterocycles. The van der Waals surface area contributed by atoms with E-state index >= 15 is 0 Å². The van der Waals surface area contributed by atoms with E-state index in [1.54, 1.807) is 16.8 Å². The summed E-state index contributed by atoms with van der Waals surface area (Å²) in [6, 6.07) is 11.4. The maximum absolute atomic E-state index is 9.09. The van der Waals surface area contributed by atoms with Crippen LogP contribution in [0.3, 0.4) is 0 Å². The fraction of sp³-hybridized carbons (Fsp3) is 0.133. The summed E-state index contributed by atoms with van der Waals surface area (Å²) < 4.78 is 6.94. The molecule has 20 heavy (non-hydrogen) atoms. The van der Waals surface area contributed by atoms with E-state index in [-0.39, 0.29) is 6.61 Å². The van der Waals surface area contributed by atoms with Gasteiger partial charge in [-0.1, -0.05) is 18.2 Å². The molecule has 0 saturated heterocycles. The Morgan fingerprint density at radius 1 is 1.15 bits per heavy atom. The highest BCUT2D eigenvalue weighted by Gasteiger charge is 2.10. The highest BCUT2D eigenvalue weighted by Crippen LogP contribution is 2.35. The van der Waals surface area contributed by atoms with Gasteiger partial charge in [0.1, 0.15) is 17.0 Å². The van der Waals surface area contributed by atoms with Crippen LogP contribution < -0.4 is 10.5 Å². The van der Waals surface area contributed by atoms with Gasteiger partial charge in [0.2, 0.25) is 0 Å². The number of nitrogens with two attached hydrogens (primary N) is 1. The number of hydrogen-bond donors (Lipinski definition) is 2. The van der Waals surface area contributed by atoms with Gasteiger partial charge in [0.15, 0.2) is 5.75 Å². The van der Waals surface area contributed by atoms with Gasteiger partial charge in [-0.25, -0.2) is 4.98 Å². The van der Waals surface area contributed by atoms with Gasteiger partial charge in [-0.05, 0) is 30.2 Å². The van der Waals surface area contributed by atoms with Crippen LogP contribution in [0, 0.1) is 0 Å². The van der Waals surface area contributed by atoms with Crippen molar-refractivity contribution in [1.29, 1.82) is 0 Å². The zero-order valence-corrected chi connectivity index (χ0v) is 11.6. The van der Waals surface area contributed by atoms with Crippen molar-refractivity contribution in [2.75, 3.05) is 12.3 Å². The van der Waals surface area contributed by atoms with E-state index in [2.05, 4.69) is 4.98 Å². The maximum Gasteiger partial charge on any atom is 0.152 e. The minimum Gasteiger partial charge on any atom is -0.455 e. The van der Waals surface area contributed by atoms with Crippen LogP contribution in [0.5, 0.6) is 11.5 Å². The van der Waals surface area contributed by atoms with Crippen molar-refractivity contribution < 1.29 is 9.84 Å². The van der Waals surface area contributed by atoms with Crippen LogP contribution in [-0.2, 0) is 6.42 Å². The Kier molecular flexibility index (Phi) is 3.54. The first-order chi connectivity index (χ1) is 9.79. The Morgan fingerprint density at radius 2 is 2.00 bits per heavy atom. The molecule has 0 aliphatic carbocycles. The standard InChI is InChI=1S/C15H14N2O2S/c16-14-12(5-6-13-15(14)17-9-20-13)19-11-4-2-1-3-10(11)7-8-18/h1-6,9,18H,7-8,16H2. The third-order valence-electron chi connectivity index (χ3n) is 3.08. The second-order valence-electron chi connectivity index (χ2n) is 4.36. The summed E-state index contributed by atoms with van der Waals surface area (Å²) >= 11 is 1.55. The normalized spacial score (nSPS) is 10.8. The van der Waals surface area contributed by atoms with Gasteiger partial charge in [-0.3, -0.25) is 0 Å². The minimum absolute atomic E-state index is 0.0843. The van der Waals surface area contributed by atoms with Crippen LogP contribution in [0.25, 0.3) is 10.2 Å². The summed E-state index contributed by atoms with van der Waals surface area (Å²) in [7, 11) is 0. The fourth-order valence-corrected chi connectivity index (χ4v) is 2.76. The van der Waals surface area contributed by atoms with Crippen molar-refractivity contribution in [3.8, 4) is 11.5 Å². The van der Waals surface area contributed by atoms with E-state index < -0.39 is 0 Å². The summed E-state index contributed by atoms with van der Waals surface area (Å²) in [5, 5.41) is 9.09. The number of nitrogen functional groups attached to an aromatic ring is 1. The molecule has 2 aromatic carbocycles. The average Bonchev–Trinajstić information content (AvgIpc) is 2.93. The molecular weight excluding hydrogens is 272 g/mol. The lowest BCUT2D eigenvalue weighted by atomic mass is 10.1. The number of aliphatic hydroxyl groups is 1. The molecule has 0 fully saturated rings.